The average Bonchev–Trinajstić information content (AvgIpc) is 2.54. The smallest absolute Gasteiger partial charge is 0.213 e. The summed E-state index contributed by atoms with van der Waals surface area (Å²) in [5, 5.41) is 15.5. The molecular weight excluding hydrogens is 355 g/mol. The van der Waals surface area contributed by atoms with Gasteiger partial charge in [0.15, 0.2) is 11.7 Å². The van der Waals surface area contributed by atoms with Gasteiger partial charge in [-0.05, 0) is 30.0 Å². The first kappa shape index (κ1) is 17.5. The van der Waals surface area contributed by atoms with E-state index in [1.807, 2.05) is 18.5 Å². The van der Waals surface area contributed by atoms with Gasteiger partial charge in [0.2, 0.25) is 5.88 Å². The topological polar surface area (TPSA) is 70.0 Å². The second-order valence-electron chi connectivity index (χ2n) is 4.42. The molecule has 1 aromatic carbocycles. The molecule has 0 saturated heterocycles. The molecule has 0 radical (unpaired) electrons. The van der Waals surface area contributed by atoms with Crippen LogP contribution in [0.3, 0.4) is 0 Å². The molecule has 0 aliphatic rings. The van der Waals surface area contributed by atoms with Crippen molar-refractivity contribution in [3.05, 3.63) is 40.5 Å². The number of hydrogen-bond donors (Lipinski definition) is 2. The highest BCUT2D eigenvalue weighted by Gasteiger charge is 2.13. The number of ether oxygens (including phenoxy) is 1. The van der Waals surface area contributed by atoms with E-state index in [1.54, 1.807) is 31.5 Å². The number of thioether (sulfide) groups is 1. The molecule has 2 N–H and O–H groups in total. The van der Waals surface area contributed by atoms with Gasteiger partial charge in [0, 0.05) is 23.5 Å². The third-order valence-corrected chi connectivity index (χ3v) is 4.31. The molecule has 1 heterocycles. The molecule has 0 amide bonds. The molecule has 0 spiro atoms. The van der Waals surface area contributed by atoms with Gasteiger partial charge in [0.05, 0.1) is 17.2 Å². The van der Waals surface area contributed by atoms with Crippen LogP contribution in [0.25, 0.3) is 11.1 Å². The van der Waals surface area contributed by atoms with E-state index in [2.05, 4.69) is 15.6 Å². The molecule has 0 aliphatic heterocycles. The first-order valence-electron chi connectivity index (χ1n) is 6.52. The van der Waals surface area contributed by atoms with Gasteiger partial charge in [-0.15, -0.1) is 11.8 Å². The lowest BCUT2D eigenvalue weighted by Crippen LogP contribution is -2.29. The standard InChI is InChI=1S/C15H14Cl2N4OS/c1-22-13-5-9(3-4-19-13)14-11(16)6-10(7-12(14)17)21-15(23-2)20-8-18/h3-7,15,20-21H,1-2H3. The SMILES string of the molecule is COc1cc(-c2c(Cl)cc(NC(NC#N)SC)cc2Cl)ccn1. The van der Waals surface area contributed by atoms with Gasteiger partial charge >= 0.3 is 0 Å². The third kappa shape index (κ3) is 4.35. The summed E-state index contributed by atoms with van der Waals surface area (Å²) in [4.78, 5) is 4.07. The van der Waals surface area contributed by atoms with Crippen molar-refractivity contribution in [2.45, 2.75) is 5.50 Å². The van der Waals surface area contributed by atoms with Gasteiger partial charge in [-0.2, -0.15) is 5.26 Å². The van der Waals surface area contributed by atoms with Crippen LogP contribution in [0.1, 0.15) is 0 Å². The Kier molecular flexibility index (Phi) is 6.22. The fraction of sp³-hybridized carbons (Fsp3) is 0.200. The van der Waals surface area contributed by atoms with Gasteiger partial charge in [0.25, 0.3) is 0 Å². The van der Waals surface area contributed by atoms with Gasteiger partial charge < -0.3 is 10.1 Å². The van der Waals surface area contributed by atoms with E-state index in [0.717, 1.165) is 5.56 Å². The average molecular weight is 369 g/mol. The molecule has 2 rings (SSSR count). The van der Waals surface area contributed by atoms with Crippen LogP contribution in [0.15, 0.2) is 30.5 Å². The van der Waals surface area contributed by atoms with Crippen molar-refractivity contribution in [1.29, 1.82) is 5.26 Å². The number of pyridine rings is 1. The fourth-order valence-corrected chi connectivity index (χ4v) is 3.10. The molecule has 1 unspecified atom stereocenters. The highest BCUT2D eigenvalue weighted by molar-refractivity contribution is 7.99. The number of nitrogens with one attached hydrogen (secondary N) is 2. The number of methoxy groups -OCH3 is 1. The molecule has 0 aliphatic carbocycles. The Labute approximate surface area is 149 Å². The highest BCUT2D eigenvalue weighted by Crippen LogP contribution is 2.38. The molecule has 0 fully saturated rings. The maximum atomic E-state index is 8.71. The minimum absolute atomic E-state index is 0.265. The second-order valence-corrected chi connectivity index (χ2v) is 6.18. The van der Waals surface area contributed by atoms with E-state index in [4.69, 9.17) is 33.2 Å². The molecule has 0 saturated carbocycles. The van der Waals surface area contributed by atoms with Crippen LogP contribution in [0.4, 0.5) is 5.69 Å². The van der Waals surface area contributed by atoms with Crippen molar-refractivity contribution < 1.29 is 4.74 Å². The lowest BCUT2D eigenvalue weighted by atomic mass is 10.1. The maximum Gasteiger partial charge on any atom is 0.213 e. The summed E-state index contributed by atoms with van der Waals surface area (Å²) >= 11 is 14.2. The predicted octanol–water partition coefficient (Wildman–Crippen LogP) is 4.19. The highest BCUT2D eigenvalue weighted by atomic mass is 35.5. The number of nitrogens with zero attached hydrogens (tertiary/aromatic N) is 2. The van der Waals surface area contributed by atoms with Gasteiger partial charge in [-0.25, -0.2) is 4.98 Å². The second kappa shape index (κ2) is 8.16. The molecule has 1 atom stereocenters. The van der Waals surface area contributed by atoms with Crippen molar-refractivity contribution in [1.82, 2.24) is 10.3 Å². The summed E-state index contributed by atoms with van der Waals surface area (Å²) < 4.78 is 5.12. The fourth-order valence-electron chi connectivity index (χ4n) is 1.97. The largest absolute Gasteiger partial charge is 0.481 e. The predicted molar refractivity (Wildman–Crippen MR) is 95.9 cm³/mol. The molecule has 0 bridgehead atoms. The molecule has 2 aromatic rings. The number of aromatic nitrogens is 1. The Bertz CT molecular complexity index is 713. The molecule has 23 heavy (non-hydrogen) atoms. The molecule has 5 nitrogen and oxygen atoms in total. The lowest BCUT2D eigenvalue weighted by Gasteiger charge is -2.17. The summed E-state index contributed by atoms with van der Waals surface area (Å²) in [6.07, 6.45) is 5.41. The van der Waals surface area contributed by atoms with Crippen molar-refractivity contribution in [2.75, 3.05) is 18.7 Å². The van der Waals surface area contributed by atoms with Crippen LogP contribution in [-0.2, 0) is 0 Å². The Morgan fingerprint density at radius 1 is 1.30 bits per heavy atom. The van der Waals surface area contributed by atoms with E-state index < -0.39 is 0 Å². The summed E-state index contributed by atoms with van der Waals surface area (Å²) in [6.45, 7) is 0. The first-order chi connectivity index (χ1) is 11.1. The zero-order valence-corrected chi connectivity index (χ0v) is 14.8. The quantitative estimate of drug-likeness (QED) is 0.452. The Balaban J connectivity index is 2.35. The lowest BCUT2D eigenvalue weighted by molar-refractivity contribution is 0.398. The number of benzene rings is 1. The maximum absolute atomic E-state index is 8.71. The van der Waals surface area contributed by atoms with Crippen LogP contribution in [0.2, 0.25) is 10.0 Å². The number of rotatable bonds is 6. The Hall–Kier alpha value is -1.81. The zero-order valence-electron chi connectivity index (χ0n) is 12.4. The Morgan fingerprint density at radius 2 is 2.00 bits per heavy atom. The minimum atomic E-state index is -0.265. The Morgan fingerprint density at radius 3 is 2.57 bits per heavy atom. The van der Waals surface area contributed by atoms with Gasteiger partial charge in [-0.1, -0.05) is 23.2 Å². The van der Waals surface area contributed by atoms with Crippen molar-refractivity contribution in [3.63, 3.8) is 0 Å². The van der Waals surface area contributed by atoms with E-state index >= 15 is 0 Å². The minimum Gasteiger partial charge on any atom is -0.481 e. The van der Waals surface area contributed by atoms with Crippen molar-refractivity contribution in [2.24, 2.45) is 0 Å². The zero-order chi connectivity index (χ0) is 16.8. The molecule has 1 aromatic heterocycles. The number of nitriles is 1. The van der Waals surface area contributed by atoms with E-state index in [1.165, 1.54) is 11.8 Å². The van der Waals surface area contributed by atoms with Crippen LogP contribution in [0.5, 0.6) is 5.88 Å². The molecular formula is C15H14Cl2N4OS. The molecule has 8 heteroatoms. The number of hydrogen-bond acceptors (Lipinski definition) is 6. The van der Waals surface area contributed by atoms with Crippen molar-refractivity contribution >= 4 is 40.7 Å². The van der Waals surface area contributed by atoms with Crippen LogP contribution >= 0.6 is 35.0 Å². The van der Waals surface area contributed by atoms with Crippen molar-refractivity contribution in [3.8, 4) is 23.2 Å². The van der Waals surface area contributed by atoms with Crippen LogP contribution < -0.4 is 15.4 Å². The normalized spacial score (nSPS) is 11.4. The van der Waals surface area contributed by atoms with E-state index in [0.29, 0.717) is 27.2 Å². The van der Waals surface area contributed by atoms with Crippen LogP contribution in [-0.4, -0.2) is 23.8 Å². The van der Waals surface area contributed by atoms with E-state index in [9.17, 15) is 0 Å². The van der Waals surface area contributed by atoms with Gasteiger partial charge in [0.1, 0.15) is 0 Å². The number of halogens is 2. The summed E-state index contributed by atoms with van der Waals surface area (Å²) in [5.74, 6) is 0.484. The monoisotopic (exact) mass is 368 g/mol. The summed E-state index contributed by atoms with van der Waals surface area (Å²) in [7, 11) is 1.55. The third-order valence-electron chi connectivity index (χ3n) is 3.00. The van der Waals surface area contributed by atoms with Crippen LogP contribution in [0, 0.1) is 11.5 Å². The first-order valence-corrected chi connectivity index (χ1v) is 8.56. The number of anilines is 1. The van der Waals surface area contributed by atoms with E-state index in [-0.39, 0.29) is 5.50 Å². The molecule has 120 valence electrons. The van der Waals surface area contributed by atoms with Gasteiger partial charge in [-0.3, -0.25) is 5.32 Å². The summed E-state index contributed by atoms with van der Waals surface area (Å²) in [5.41, 5.74) is 1.97. The summed E-state index contributed by atoms with van der Waals surface area (Å²) in [6, 6.07) is 7.10.